The van der Waals surface area contributed by atoms with Gasteiger partial charge in [-0.25, -0.2) is 9.78 Å². The monoisotopic (exact) mass is 374 g/mol. The van der Waals surface area contributed by atoms with Gasteiger partial charge in [0.05, 0.1) is 5.69 Å². The van der Waals surface area contributed by atoms with Crippen LogP contribution in [0.4, 0.5) is 9.93 Å². The molecule has 1 heterocycles. The van der Waals surface area contributed by atoms with Crippen LogP contribution in [0.3, 0.4) is 0 Å². The lowest BCUT2D eigenvalue weighted by atomic mass is 9.93. The molecule has 6 nitrogen and oxygen atoms in total. The van der Waals surface area contributed by atoms with Crippen LogP contribution >= 0.6 is 11.3 Å². The van der Waals surface area contributed by atoms with Gasteiger partial charge in [0, 0.05) is 28.9 Å². The quantitative estimate of drug-likeness (QED) is 0.742. The molecule has 0 saturated heterocycles. The Morgan fingerprint density at radius 3 is 2.35 bits per heavy atom. The van der Waals surface area contributed by atoms with Gasteiger partial charge in [-0.2, -0.15) is 0 Å². The van der Waals surface area contributed by atoms with Crippen molar-refractivity contribution < 1.29 is 9.59 Å². The van der Waals surface area contributed by atoms with Gasteiger partial charge in [-0.15, -0.1) is 11.3 Å². The molecule has 0 radical (unpaired) electrons. The first kappa shape index (κ1) is 19.9. The van der Waals surface area contributed by atoms with E-state index >= 15 is 0 Å². The average Bonchev–Trinajstić information content (AvgIpc) is 3.01. The van der Waals surface area contributed by atoms with E-state index in [1.54, 1.807) is 12.1 Å². The number of hydrogen-bond donors (Lipinski definition) is 3. The van der Waals surface area contributed by atoms with E-state index in [4.69, 9.17) is 0 Å². The third-order valence-electron chi connectivity index (χ3n) is 3.58. The zero-order chi connectivity index (χ0) is 19.3. The maximum absolute atomic E-state index is 12.3. The summed E-state index contributed by atoms with van der Waals surface area (Å²) < 4.78 is 0. The Morgan fingerprint density at radius 1 is 1.15 bits per heavy atom. The second-order valence-electron chi connectivity index (χ2n) is 7.42. The highest BCUT2D eigenvalue weighted by atomic mass is 32.1. The van der Waals surface area contributed by atoms with Crippen molar-refractivity contribution in [2.75, 3.05) is 5.32 Å². The third-order valence-corrected chi connectivity index (χ3v) is 4.34. The second-order valence-corrected chi connectivity index (χ2v) is 8.28. The van der Waals surface area contributed by atoms with Crippen molar-refractivity contribution in [2.24, 2.45) is 0 Å². The summed E-state index contributed by atoms with van der Waals surface area (Å²) in [7, 11) is 0. The van der Waals surface area contributed by atoms with Crippen LogP contribution in [0.15, 0.2) is 29.6 Å². The normalized spacial score (nSPS) is 11.3. The van der Waals surface area contributed by atoms with Crippen molar-refractivity contribution in [2.45, 2.75) is 52.6 Å². The van der Waals surface area contributed by atoms with Crippen molar-refractivity contribution in [3.05, 3.63) is 46.5 Å². The van der Waals surface area contributed by atoms with Gasteiger partial charge in [0.2, 0.25) is 0 Å². The molecule has 0 fully saturated rings. The predicted octanol–water partition coefficient (Wildman–Crippen LogP) is 3.90. The lowest BCUT2D eigenvalue weighted by Gasteiger charge is -2.14. The van der Waals surface area contributed by atoms with E-state index in [-0.39, 0.29) is 23.4 Å². The van der Waals surface area contributed by atoms with Crippen LogP contribution in [0.2, 0.25) is 0 Å². The Bertz CT molecular complexity index is 761. The van der Waals surface area contributed by atoms with Gasteiger partial charge in [0.1, 0.15) is 0 Å². The van der Waals surface area contributed by atoms with Gasteiger partial charge in [0.25, 0.3) is 5.91 Å². The van der Waals surface area contributed by atoms with Gasteiger partial charge < -0.3 is 10.6 Å². The maximum Gasteiger partial charge on any atom is 0.315 e. The molecule has 3 N–H and O–H groups in total. The first-order chi connectivity index (χ1) is 12.1. The lowest BCUT2D eigenvalue weighted by molar-refractivity contribution is 0.102. The average molecular weight is 375 g/mol. The summed E-state index contributed by atoms with van der Waals surface area (Å²) in [5.74, 6) is -0.197. The first-order valence-electron chi connectivity index (χ1n) is 8.56. The van der Waals surface area contributed by atoms with E-state index in [2.05, 4.69) is 41.7 Å². The topological polar surface area (TPSA) is 83.1 Å². The molecule has 0 saturated carbocycles. The SMILES string of the molecule is CC(C)NC(=O)NCc1ccc(C(=O)Nc2nc(C(C)(C)C)cs2)cc1. The van der Waals surface area contributed by atoms with Crippen LogP contribution in [0.25, 0.3) is 0 Å². The second kappa shape index (κ2) is 8.31. The zero-order valence-corrected chi connectivity index (χ0v) is 16.7. The molecular weight excluding hydrogens is 348 g/mol. The van der Waals surface area contributed by atoms with E-state index in [9.17, 15) is 9.59 Å². The number of aromatic nitrogens is 1. The molecule has 0 aliphatic heterocycles. The molecule has 7 heteroatoms. The first-order valence-corrected chi connectivity index (χ1v) is 9.44. The number of anilines is 1. The molecule has 1 aromatic carbocycles. The smallest absolute Gasteiger partial charge is 0.315 e. The fourth-order valence-electron chi connectivity index (χ4n) is 2.11. The van der Waals surface area contributed by atoms with Crippen molar-refractivity contribution in [3.8, 4) is 0 Å². The predicted molar refractivity (Wildman–Crippen MR) is 106 cm³/mol. The molecular formula is C19H26N4O2S. The summed E-state index contributed by atoms with van der Waals surface area (Å²) >= 11 is 1.42. The molecule has 0 unspecified atom stereocenters. The van der Waals surface area contributed by atoms with Crippen LogP contribution in [0.5, 0.6) is 0 Å². The van der Waals surface area contributed by atoms with E-state index < -0.39 is 0 Å². The number of benzene rings is 1. The van der Waals surface area contributed by atoms with Crippen LogP contribution in [0, 0.1) is 0 Å². The van der Waals surface area contributed by atoms with E-state index in [0.717, 1.165) is 11.3 Å². The Kier molecular flexibility index (Phi) is 6.37. The molecule has 26 heavy (non-hydrogen) atoms. The Morgan fingerprint density at radius 2 is 1.81 bits per heavy atom. The van der Waals surface area contributed by atoms with E-state index in [1.165, 1.54) is 11.3 Å². The van der Waals surface area contributed by atoms with Gasteiger partial charge in [-0.05, 0) is 31.5 Å². The molecule has 0 atom stereocenters. The highest BCUT2D eigenvalue weighted by Gasteiger charge is 2.18. The van der Waals surface area contributed by atoms with Gasteiger partial charge >= 0.3 is 6.03 Å². The molecule has 140 valence electrons. The summed E-state index contributed by atoms with van der Waals surface area (Å²) in [5, 5.41) is 10.9. The Labute approximate surface area is 158 Å². The largest absolute Gasteiger partial charge is 0.336 e. The number of nitrogens with one attached hydrogen (secondary N) is 3. The fourth-order valence-corrected chi connectivity index (χ4v) is 3.05. The molecule has 1 aromatic heterocycles. The minimum Gasteiger partial charge on any atom is -0.336 e. The summed E-state index contributed by atoms with van der Waals surface area (Å²) in [5.41, 5.74) is 2.38. The van der Waals surface area contributed by atoms with Crippen LogP contribution in [-0.2, 0) is 12.0 Å². The van der Waals surface area contributed by atoms with E-state index in [1.807, 2.05) is 31.4 Å². The number of nitrogens with zero attached hydrogens (tertiary/aromatic N) is 1. The number of rotatable bonds is 5. The molecule has 0 aliphatic carbocycles. The van der Waals surface area contributed by atoms with Gasteiger partial charge in [-0.1, -0.05) is 32.9 Å². The summed E-state index contributed by atoms with van der Waals surface area (Å²) in [6, 6.07) is 7.02. The molecule has 2 aromatic rings. The molecule has 3 amide bonds. The number of thiazole rings is 1. The van der Waals surface area contributed by atoms with E-state index in [0.29, 0.717) is 17.2 Å². The summed E-state index contributed by atoms with van der Waals surface area (Å²) in [4.78, 5) is 28.4. The van der Waals surface area contributed by atoms with Crippen molar-refractivity contribution in [1.29, 1.82) is 0 Å². The number of carbonyl (C=O) groups is 2. The number of urea groups is 1. The number of hydrogen-bond acceptors (Lipinski definition) is 4. The standard InChI is InChI=1S/C19H26N4O2S/c1-12(2)21-17(25)20-10-13-6-8-14(9-7-13)16(24)23-18-22-15(11-26-18)19(3,4)5/h6-9,11-12H,10H2,1-5H3,(H2,20,21,25)(H,22,23,24). The minimum absolute atomic E-state index is 0.0456. The van der Waals surface area contributed by atoms with Gasteiger partial charge in [-0.3, -0.25) is 10.1 Å². The molecule has 2 rings (SSSR count). The summed E-state index contributed by atoms with van der Waals surface area (Å²) in [6.07, 6.45) is 0. The number of amides is 3. The summed E-state index contributed by atoms with van der Waals surface area (Å²) in [6.45, 7) is 10.5. The molecule has 0 bridgehead atoms. The maximum atomic E-state index is 12.3. The lowest BCUT2D eigenvalue weighted by Crippen LogP contribution is -2.39. The highest BCUT2D eigenvalue weighted by Crippen LogP contribution is 2.26. The molecule has 0 aliphatic rings. The van der Waals surface area contributed by atoms with Crippen LogP contribution in [-0.4, -0.2) is 23.0 Å². The van der Waals surface area contributed by atoms with Gasteiger partial charge in [0.15, 0.2) is 5.13 Å². The van der Waals surface area contributed by atoms with Crippen molar-refractivity contribution in [1.82, 2.24) is 15.6 Å². The Hall–Kier alpha value is -2.41. The highest BCUT2D eigenvalue weighted by molar-refractivity contribution is 7.14. The van der Waals surface area contributed by atoms with Crippen LogP contribution in [0.1, 0.15) is 56.2 Å². The minimum atomic E-state index is -0.208. The molecule has 0 spiro atoms. The third kappa shape index (κ3) is 5.84. The zero-order valence-electron chi connectivity index (χ0n) is 15.8. The fraction of sp³-hybridized carbons (Fsp3) is 0.421. The van der Waals surface area contributed by atoms with Crippen LogP contribution < -0.4 is 16.0 Å². The van der Waals surface area contributed by atoms with Crippen molar-refractivity contribution >= 4 is 28.4 Å². The van der Waals surface area contributed by atoms with Crippen molar-refractivity contribution in [3.63, 3.8) is 0 Å². The number of carbonyl (C=O) groups excluding carboxylic acids is 2. The Balaban J connectivity index is 1.92.